The molecule has 4 rings (SSSR count). The molecular weight excluding hydrogens is 300 g/mol. The summed E-state index contributed by atoms with van der Waals surface area (Å²) in [6.07, 6.45) is 2.48. The molecule has 0 fully saturated rings. The van der Waals surface area contributed by atoms with Crippen molar-refractivity contribution in [1.82, 2.24) is 9.97 Å². The number of hydrogen-bond acceptors (Lipinski definition) is 4. The number of rotatable bonds is 3. The number of para-hydroxylation sites is 2. The average molecular weight is 316 g/mol. The van der Waals surface area contributed by atoms with E-state index in [4.69, 9.17) is 0 Å². The van der Waals surface area contributed by atoms with Gasteiger partial charge in [-0.05, 0) is 36.2 Å². The fraction of sp³-hybridized carbons (Fsp3) is 0.105. The van der Waals surface area contributed by atoms with Gasteiger partial charge in [0.15, 0.2) is 0 Å². The third kappa shape index (κ3) is 2.72. The van der Waals surface area contributed by atoms with Crippen molar-refractivity contribution in [3.63, 3.8) is 0 Å². The van der Waals surface area contributed by atoms with E-state index in [1.165, 1.54) is 5.56 Å². The molecule has 3 aromatic rings. The third-order valence-corrected chi connectivity index (χ3v) is 4.04. The summed E-state index contributed by atoms with van der Waals surface area (Å²) in [6, 6.07) is 19.3. The van der Waals surface area contributed by atoms with Crippen molar-refractivity contribution in [2.24, 2.45) is 0 Å². The van der Waals surface area contributed by atoms with Crippen molar-refractivity contribution < 1.29 is 4.79 Å². The highest BCUT2D eigenvalue weighted by Crippen LogP contribution is 2.28. The van der Waals surface area contributed by atoms with Crippen molar-refractivity contribution >= 4 is 23.2 Å². The summed E-state index contributed by atoms with van der Waals surface area (Å²) in [6.45, 7) is 0.684. The molecule has 2 heterocycles. The number of amides is 1. The van der Waals surface area contributed by atoms with Crippen molar-refractivity contribution in [3.05, 3.63) is 78.1 Å². The van der Waals surface area contributed by atoms with Crippen molar-refractivity contribution in [2.75, 3.05) is 16.8 Å². The minimum atomic E-state index is -0.0986. The van der Waals surface area contributed by atoms with Gasteiger partial charge in [-0.1, -0.05) is 36.4 Å². The lowest BCUT2D eigenvalue weighted by molar-refractivity contribution is 0.0984. The van der Waals surface area contributed by atoms with Gasteiger partial charge in [0, 0.05) is 24.1 Å². The first-order chi connectivity index (χ1) is 11.8. The molecule has 0 aliphatic carbocycles. The summed E-state index contributed by atoms with van der Waals surface area (Å²) in [5, 5.41) is 3.12. The predicted molar refractivity (Wildman–Crippen MR) is 93.6 cm³/mol. The molecule has 1 aliphatic rings. The smallest absolute Gasteiger partial charge is 0.277 e. The van der Waals surface area contributed by atoms with Gasteiger partial charge >= 0.3 is 0 Å². The van der Waals surface area contributed by atoms with Crippen LogP contribution in [0, 0.1) is 0 Å². The molecule has 118 valence electrons. The quantitative estimate of drug-likeness (QED) is 0.804. The second-order valence-corrected chi connectivity index (χ2v) is 5.59. The van der Waals surface area contributed by atoms with Gasteiger partial charge in [-0.3, -0.25) is 4.79 Å². The van der Waals surface area contributed by atoms with Crippen LogP contribution in [0.5, 0.6) is 0 Å². The van der Waals surface area contributed by atoms with Crippen LogP contribution >= 0.6 is 0 Å². The molecule has 0 unspecified atom stereocenters. The maximum Gasteiger partial charge on any atom is 0.277 e. The minimum Gasteiger partial charge on any atom is -0.324 e. The van der Waals surface area contributed by atoms with Crippen molar-refractivity contribution in [1.29, 1.82) is 0 Å². The molecule has 1 amide bonds. The summed E-state index contributed by atoms with van der Waals surface area (Å²) in [5.41, 5.74) is 3.44. The maximum absolute atomic E-state index is 12.8. The van der Waals surface area contributed by atoms with Crippen LogP contribution in [-0.4, -0.2) is 22.4 Å². The van der Waals surface area contributed by atoms with Gasteiger partial charge in [0.2, 0.25) is 5.95 Å². The third-order valence-electron chi connectivity index (χ3n) is 4.04. The number of nitrogens with zero attached hydrogens (tertiary/aromatic N) is 3. The molecule has 0 atom stereocenters. The molecule has 2 aromatic carbocycles. The average Bonchev–Trinajstić information content (AvgIpc) is 3.06. The van der Waals surface area contributed by atoms with Gasteiger partial charge < -0.3 is 10.2 Å². The molecular formula is C19H16N4O. The lowest BCUT2D eigenvalue weighted by atomic mass is 10.2. The zero-order valence-corrected chi connectivity index (χ0v) is 13.0. The molecule has 1 N–H and O–H groups in total. The van der Waals surface area contributed by atoms with E-state index in [-0.39, 0.29) is 5.91 Å². The second-order valence-electron chi connectivity index (χ2n) is 5.59. The SMILES string of the molecule is O=C(c1ccnc(Nc2ccccc2)n1)N1CCc2ccccc21. The largest absolute Gasteiger partial charge is 0.324 e. The number of nitrogens with one attached hydrogen (secondary N) is 1. The van der Waals surface area contributed by atoms with Crippen LogP contribution in [0.15, 0.2) is 66.9 Å². The van der Waals surface area contributed by atoms with Crippen LogP contribution in [0.2, 0.25) is 0 Å². The highest BCUT2D eigenvalue weighted by atomic mass is 16.2. The molecule has 5 nitrogen and oxygen atoms in total. The number of fused-ring (bicyclic) bond motifs is 1. The number of anilines is 3. The standard InChI is InChI=1S/C19H16N4O/c24-18(23-13-11-14-6-4-5-9-17(14)23)16-10-12-20-19(22-16)21-15-7-2-1-3-8-15/h1-10,12H,11,13H2,(H,20,21,22). The first kappa shape index (κ1) is 14.4. The molecule has 0 saturated heterocycles. The van der Waals surface area contributed by atoms with Gasteiger partial charge in [0.05, 0.1) is 0 Å². The van der Waals surface area contributed by atoms with Crippen LogP contribution in [0.3, 0.4) is 0 Å². The molecule has 5 heteroatoms. The van der Waals surface area contributed by atoms with Crippen LogP contribution in [-0.2, 0) is 6.42 Å². The number of carbonyl (C=O) groups is 1. The van der Waals surface area contributed by atoms with E-state index < -0.39 is 0 Å². The lowest BCUT2D eigenvalue weighted by Crippen LogP contribution is -2.29. The molecule has 0 bridgehead atoms. The Morgan fingerprint density at radius 1 is 1.00 bits per heavy atom. The molecule has 0 radical (unpaired) electrons. The normalized spacial score (nSPS) is 12.8. The molecule has 0 spiro atoms. The Morgan fingerprint density at radius 2 is 1.79 bits per heavy atom. The summed E-state index contributed by atoms with van der Waals surface area (Å²) in [4.78, 5) is 23.2. The van der Waals surface area contributed by atoms with E-state index in [0.717, 1.165) is 17.8 Å². The lowest BCUT2D eigenvalue weighted by Gasteiger charge is -2.17. The predicted octanol–water partition coefficient (Wildman–Crippen LogP) is 3.42. The van der Waals surface area contributed by atoms with Gasteiger partial charge in [-0.25, -0.2) is 9.97 Å². The highest BCUT2D eigenvalue weighted by Gasteiger charge is 2.26. The Kier molecular flexibility index (Phi) is 3.67. The number of hydrogen-bond donors (Lipinski definition) is 1. The van der Waals surface area contributed by atoms with E-state index >= 15 is 0 Å². The molecule has 24 heavy (non-hydrogen) atoms. The van der Waals surface area contributed by atoms with Gasteiger partial charge in [0.25, 0.3) is 5.91 Å². The Bertz CT molecular complexity index is 879. The van der Waals surface area contributed by atoms with Crippen molar-refractivity contribution in [2.45, 2.75) is 6.42 Å². The summed E-state index contributed by atoms with van der Waals surface area (Å²) >= 11 is 0. The Balaban J connectivity index is 1.59. The zero-order valence-electron chi connectivity index (χ0n) is 13.0. The van der Waals surface area contributed by atoms with Crippen molar-refractivity contribution in [3.8, 4) is 0 Å². The van der Waals surface area contributed by atoms with E-state index in [1.54, 1.807) is 17.2 Å². The van der Waals surface area contributed by atoms with E-state index in [9.17, 15) is 4.79 Å². The Labute approximate surface area is 140 Å². The monoisotopic (exact) mass is 316 g/mol. The van der Waals surface area contributed by atoms with Crippen LogP contribution < -0.4 is 10.2 Å². The Morgan fingerprint density at radius 3 is 2.67 bits per heavy atom. The van der Waals surface area contributed by atoms with Gasteiger partial charge in [0.1, 0.15) is 5.69 Å². The number of aromatic nitrogens is 2. The first-order valence-corrected chi connectivity index (χ1v) is 7.86. The fourth-order valence-electron chi connectivity index (χ4n) is 2.88. The molecule has 1 aromatic heterocycles. The summed E-state index contributed by atoms with van der Waals surface area (Å²) < 4.78 is 0. The van der Waals surface area contributed by atoms with Crippen LogP contribution in [0.25, 0.3) is 0 Å². The molecule has 0 saturated carbocycles. The zero-order chi connectivity index (χ0) is 16.4. The van der Waals surface area contributed by atoms with E-state index in [1.807, 2.05) is 48.5 Å². The first-order valence-electron chi connectivity index (χ1n) is 7.86. The second kappa shape index (κ2) is 6.12. The highest BCUT2D eigenvalue weighted by molar-refractivity contribution is 6.06. The summed E-state index contributed by atoms with van der Waals surface area (Å²) in [7, 11) is 0. The van der Waals surface area contributed by atoms with Gasteiger partial charge in [-0.15, -0.1) is 0 Å². The van der Waals surface area contributed by atoms with Crippen LogP contribution in [0.1, 0.15) is 16.1 Å². The number of benzene rings is 2. The van der Waals surface area contributed by atoms with E-state index in [0.29, 0.717) is 18.2 Å². The minimum absolute atomic E-state index is 0.0986. The molecule has 1 aliphatic heterocycles. The summed E-state index contributed by atoms with van der Waals surface area (Å²) in [5.74, 6) is 0.318. The van der Waals surface area contributed by atoms with Gasteiger partial charge in [-0.2, -0.15) is 0 Å². The fourth-order valence-corrected chi connectivity index (χ4v) is 2.88. The van der Waals surface area contributed by atoms with E-state index in [2.05, 4.69) is 21.4 Å². The Hall–Kier alpha value is -3.21. The number of carbonyl (C=O) groups excluding carboxylic acids is 1. The van der Waals surface area contributed by atoms with Crippen LogP contribution in [0.4, 0.5) is 17.3 Å². The maximum atomic E-state index is 12.8. The topological polar surface area (TPSA) is 58.1 Å².